The standard InChI is InChI=1S/C36H74.CH4/c1-13-28(4)21-33(9)25-36(12)26-35(11)23-31(7)19-15-17-29(5)16-14-18-30(6)22-34(10)24-32(8)20-27(2)3;/h27-36H,13-26H2,1-12H3;1H4. The summed E-state index contributed by atoms with van der Waals surface area (Å²) in [5.41, 5.74) is 0. The second-order valence-corrected chi connectivity index (χ2v) is 15.3. The third-order valence-corrected chi connectivity index (χ3v) is 9.19. The van der Waals surface area contributed by atoms with Crippen molar-refractivity contribution >= 4 is 0 Å². The van der Waals surface area contributed by atoms with E-state index in [4.69, 9.17) is 0 Å². The molecule has 0 aliphatic heterocycles. The van der Waals surface area contributed by atoms with Crippen molar-refractivity contribution in [2.45, 2.75) is 180 Å². The van der Waals surface area contributed by atoms with Crippen LogP contribution in [0, 0.1) is 59.2 Å². The van der Waals surface area contributed by atoms with Crippen molar-refractivity contribution < 1.29 is 0 Å². The van der Waals surface area contributed by atoms with Crippen molar-refractivity contribution in [2.75, 3.05) is 0 Å². The highest BCUT2D eigenvalue weighted by Crippen LogP contribution is 2.30. The smallest absolute Gasteiger partial charge is 0.0438 e. The minimum Gasteiger partial charge on any atom is -0.0776 e. The first-order valence-corrected chi connectivity index (χ1v) is 16.8. The molecule has 0 saturated heterocycles. The van der Waals surface area contributed by atoms with Crippen LogP contribution in [0.25, 0.3) is 0 Å². The van der Waals surface area contributed by atoms with E-state index in [0.29, 0.717) is 0 Å². The van der Waals surface area contributed by atoms with Crippen LogP contribution >= 0.6 is 0 Å². The molecular weight excluding hydrogens is 444 g/mol. The van der Waals surface area contributed by atoms with Gasteiger partial charge in [0.2, 0.25) is 0 Å². The molecular formula is C37H78. The lowest BCUT2D eigenvalue weighted by Gasteiger charge is -2.24. The Hall–Kier alpha value is 0. The van der Waals surface area contributed by atoms with E-state index in [2.05, 4.69) is 83.1 Å². The van der Waals surface area contributed by atoms with Crippen molar-refractivity contribution in [1.29, 1.82) is 0 Å². The van der Waals surface area contributed by atoms with Crippen molar-refractivity contribution in [3.63, 3.8) is 0 Å². The second-order valence-electron chi connectivity index (χ2n) is 15.3. The molecule has 0 rings (SSSR count). The van der Waals surface area contributed by atoms with Crippen LogP contribution in [-0.2, 0) is 0 Å². The van der Waals surface area contributed by atoms with Gasteiger partial charge in [0.1, 0.15) is 0 Å². The summed E-state index contributed by atoms with van der Waals surface area (Å²) in [5, 5.41) is 0. The molecule has 226 valence electrons. The number of rotatable bonds is 23. The molecule has 0 spiro atoms. The van der Waals surface area contributed by atoms with Gasteiger partial charge in [0.15, 0.2) is 0 Å². The maximum Gasteiger partial charge on any atom is -0.0438 e. The molecule has 0 aromatic rings. The molecule has 0 aromatic heterocycles. The zero-order valence-corrected chi connectivity index (χ0v) is 27.7. The van der Waals surface area contributed by atoms with E-state index in [1.807, 2.05) is 0 Å². The van der Waals surface area contributed by atoms with Gasteiger partial charge < -0.3 is 0 Å². The monoisotopic (exact) mass is 523 g/mol. The molecule has 0 fully saturated rings. The average molecular weight is 523 g/mol. The number of hydrogen-bond acceptors (Lipinski definition) is 0. The van der Waals surface area contributed by atoms with E-state index in [-0.39, 0.29) is 7.43 Å². The summed E-state index contributed by atoms with van der Waals surface area (Å²) >= 11 is 0. The maximum atomic E-state index is 2.52. The third-order valence-electron chi connectivity index (χ3n) is 9.19. The molecule has 0 nitrogen and oxygen atoms in total. The molecule has 0 aliphatic rings. The van der Waals surface area contributed by atoms with Gasteiger partial charge in [-0.15, -0.1) is 0 Å². The first-order valence-electron chi connectivity index (χ1n) is 16.8. The molecule has 0 aromatic carbocycles. The van der Waals surface area contributed by atoms with E-state index in [1.165, 1.54) is 89.9 Å². The van der Waals surface area contributed by atoms with Crippen LogP contribution < -0.4 is 0 Å². The quantitative estimate of drug-likeness (QED) is 0.125. The summed E-state index contributed by atoms with van der Waals surface area (Å²) in [4.78, 5) is 0. The van der Waals surface area contributed by atoms with Crippen molar-refractivity contribution in [1.82, 2.24) is 0 Å². The van der Waals surface area contributed by atoms with Crippen LogP contribution in [0.4, 0.5) is 0 Å². The summed E-state index contributed by atoms with van der Waals surface area (Å²) in [5.74, 6) is 8.92. The largest absolute Gasteiger partial charge is 0.0776 e. The first-order chi connectivity index (χ1) is 16.8. The predicted octanol–water partition coefficient (Wildman–Crippen LogP) is 13.5. The molecule has 0 N–H and O–H groups in total. The lowest BCUT2D eigenvalue weighted by molar-refractivity contribution is 0.277. The van der Waals surface area contributed by atoms with Gasteiger partial charge in [0.05, 0.1) is 0 Å². The summed E-state index contributed by atoms with van der Waals surface area (Å²) in [6, 6.07) is 0. The summed E-state index contributed by atoms with van der Waals surface area (Å²) in [6.45, 7) is 29.5. The van der Waals surface area contributed by atoms with Crippen molar-refractivity contribution in [3.05, 3.63) is 0 Å². The Balaban J connectivity index is 0. The fourth-order valence-electron chi connectivity index (χ4n) is 7.58. The zero-order valence-electron chi connectivity index (χ0n) is 27.7. The van der Waals surface area contributed by atoms with Gasteiger partial charge in [-0.25, -0.2) is 0 Å². The average Bonchev–Trinajstić information content (AvgIpc) is 2.72. The van der Waals surface area contributed by atoms with Gasteiger partial charge in [-0.1, -0.05) is 135 Å². The fourth-order valence-corrected chi connectivity index (χ4v) is 7.58. The molecule has 0 heterocycles. The van der Waals surface area contributed by atoms with E-state index in [0.717, 1.165) is 59.2 Å². The van der Waals surface area contributed by atoms with Crippen LogP contribution in [0.1, 0.15) is 180 Å². The highest BCUT2D eigenvalue weighted by molar-refractivity contribution is 4.69. The predicted molar refractivity (Wildman–Crippen MR) is 174 cm³/mol. The summed E-state index contributed by atoms with van der Waals surface area (Å²) in [7, 11) is 0. The lowest BCUT2D eigenvalue weighted by Crippen LogP contribution is -2.12. The SMILES string of the molecule is C.CCC(C)CC(C)CC(C)CC(C)CC(C)CCCC(C)CCCC(C)CC(C)CC(C)CC(C)C. The van der Waals surface area contributed by atoms with Crippen LogP contribution in [0.3, 0.4) is 0 Å². The van der Waals surface area contributed by atoms with Crippen LogP contribution in [0.15, 0.2) is 0 Å². The zero-order chi connectivity index (χ0) is 27.7. The summed E-state index contributed by atoms with van der Waals surface area (Å²) in [6.07, 6.45) is 19.9. The summed E-state index contributed by atoms with van der Waals surface area (Å²) < 4.78 is 0. The van der Waals surface area contributed by atoms with E-state index in [9.17, 15) is 0 Å². The third kappa shape index (κ3) is 23.6. The van der Waals surface area contributed by atoms with Gasteiger partial charge in [-0.3, -0.25) is 0 Å². The first kappa shape index (κ1) is 39.1. The molecule has 0 bridgehead atoms. The molecule has 0 amide bonds. The Morgan fingerprint density at radius 2 is 0.595 bits per heavy atom. The van der Waals surface area contributed by atoms with E-state index >= 15 is 0 Å². The lowest BCUT2D eigenvalue weighted by atomic mass is 9.82. The molecule has 0 heteroatoms. The molecule has 9 unspecified atom stereocenters. The van der Waals surface area contributed by atoms with Crippen LogP contribution in [-0.4, -0.2) is 0 Å². The molecule has 0 aliphatic carbocycles. The van der Waals surface area contributed by atoms with Gasteiger partial charge in [0.25, 0.3) is 0 Å². The van der Waals surface area contributed by atoms with E-state index < -0.39 is 0 Å². The Bertz CT molecular complexity index is 478. The molecule has 37 heavy (non-hydrogen) atoms. The molecule has 9 atom stereocenters. The van der Waals surface area contributed by atoms with Crippen LogP contribution in [0.2, 0.25) is 0 Å². The Morgan fingerprint density at radius 3 is 0.919 bits per heavy atom. The second kappa shape index (κ2) is 22.8. The van der Waals surface area contributed by atoms with Crippen LogP contribution in [0.5, 0.6) is 0 Å². The Morgan fingerprint density at radius 1 is 0.324 bits per heavy atom. The van der Waals surface area contributed by atoms with Crippen molar-refractivity contribution in [3.8, 4) is 0 Å². The topological polar surface area (TPSA) is 0 Å². The minimum absolute atomic E-state index is 0. The van der Waals surface area contributed by atoms with Gasteiger partial charge >= 0.3 is 0 Å². The molecule has 0 saturated carbocycles. The van der Waals surface area contributed by atoms with Gasteiger partial charge in [0, 0.05) is 0 Å². The normalized spacial score (nSPS) is 19.4. The van der Waals surface area contributed by atoms with Gasteiger partial charge in [-0.2, -0.15) is 0 Å². The molecule has 0 radical (unpaired) electrons. The minimum atomic E-state index is 0. The highest BCUT2D eigenvalue weighted by Gasteiger charge is 2.17. The number of hydrogen-bond donors (Lipinski definition) is 0. The van der Waals surface area contributed by atoms with E-state index in [1.54, 1.807) is 0 Å². The van der Waals surface area contributed by atoms with Crippen molar-refractivity contribution in [2.24, 2.45) is 59.2 Å². The highest BCUT2D eigenvalue weighted by atomic mass is 14.2. The maximum absolute atomic E-state index is 2.52. The Labute approximate surface area is 239 Å². The fraction of sp³-hybridized carbons (Fsp3) is 1.00. The van der Waals surface area contributed by atoms with Gasteiger partial charge in [-0.05, 0) is 104 Å². The Kier molecular flexibility index (Phi) is 24.1.